The van der Waals surface area contributed by atoms with Gasteiger partial charge in [-0.15, -0.1) is 0 Å². The molecule has 2 rings (SSSR count). The van der Waals surface area contributed by atoms with Crippen molar-refractivity contribution in [2.45, 2.75) is 39.7 Å². The zero-order chi connectivity index (χ0) is 13.2. The Bertz CT molecular complexity index is 442. The smallest absolute Gasteiger partial charge is 0.222 e. The van der Waals surface area contributed by atoms with E-state index < -0.39 is 0 Å². The molecule has 0 spiro atoms. The van der Waals surface area contributed by atoms with Gasteiger partial charge < -0.3 is 10.6 Å². The molecule has 0 aliphatic carbocycles. The van der Waals surface area contributed by atoms with Crippen LogP contribution in [0, 0.1) is 5.41 Å². The van der Waals surface area contributed by atoms with Crippen molar-refractivity contribution in [3.05, 3.63) is 23.9 Å². The molecule has 0 atom stereocenters. The molecule has 2 heterocycles. The Hall–Kier alpha value is -1.58. The minimum absolute atomic E-state index is 0.226. The van der Waals surface area contributed by atoms with Crippen molar-refractivity contribution in [2.75, 3.05) is 12.3 Å². The van der Waals surface area contributed by atoms with Crippen LogP contribution in [-0.4, -0.2) is 22.3 Å². The zero-order valence-electron chi connectivity index (χ0n) is 11.1. The number of pyridine rings is 1. The van der Waals surface area contributed by atoms with E-state index >= 15 is 0 Å². The van der Waals surface area contributed by atoms with Crippen LogP contribution >= 0.6 is 0 Å². The lowest BCUT2D eigenvalue weighted by molar-refractivity contribution is -0.131. The molecular weight excluding hydrogens is 226 g/mol. The van der Waals surface area contributed by atoms with Crippen molar-refractivity contribution in [3.8, 4) is 0 Å². The van der Waals surface area contributed by atoms with Crippen LogP contribution in [-0.2, 0) is 11.3 Å². The lowest BCUT2D eigenvalue weighted by atomic mass is 9.85. The Kier molecular flexibility index (Phi) is 3.55. The van der Waals surface area contributed by atoms with Gasteiger partial charge in [-0.2, -0.15) is 0 Å². The summed E-state index contributed by atoms with van der Waals surface area (Å²) < 4.78 is 0. The maximum Gasteiger partial charge on any atom is 0.222 e. The molecule has 18 heavy (non-hydrogen) atoms. The number of likely N-dealkylation sites (tertiary alicyclic amines) is 1. The lowest BCUT2D eigenvalue weighted by Crippen LogP contribution is -2.30. The molecule has 1 fully saturated rings. The van der Waals surface area contributed by atoms with E-state index in [1.165, 1.54) is 0 Å². The van der Waals surface area contributed by atoms with E-state index in [0.29, 0.717) is 18.8 Å². The van der Waals surface area contributed by atoms with Gasteiger partial charge in [0.2, 0.25) is 5.91 Å². The first-order valence-corrected chi connectivity index (χ1v) is 6.45. The van der Waals surface area contributed by atoms with Crippen molar-refractivity contribution in [3.63, 3.8) is 0 Å². The molecule has 4 nitrogen and oxygen atoms in total. The molecule has 0 saturated carbocycles. The monoisotopic (exact) mass is 247 g/mol. The molecular formula is C14H21N3O. The van der Waals surface area contributed by atoms with Gasteiger partial charge in [0, 0.05) is 31.3 Å². The van der Waals surface area contributed by atoms with Crippen molar-refractivity contribution in [1.82, 2.24) is 9.88 Å². The molecule has 1 aromatic rings. The van der Waals surface area contributed by atoms with Gasteiger partial charge in [-0.25, -0.2) is 4.98 Å². The first-order valence-electron chi connectivity index (χ1n) is 6.45. The number of nitrogen functional groups attached to an aromatic ring is 1. The third kappa shape index (κ3) is 3.00. The largest absolute Gasteiger partial charge is 0.383 e. The molecule has 0 aromatic carbocycles. The fraction of sp³-hybridized carbons (Fsp3) is 0.571. The number of nitrogens with zero attached hydrogens (tertiary/aromatic N) is 2. The van der Waals surface area contributed by atoms with Gasteiger partial charge in [-0.3, -0.25) is 4.79 Å². The van der Waals surface area contributed by atoms with Gasteiger partial charge in [0.1, 0.15) is 5.82 Å². The summed E-state index contributed by atoms with van der Waals surface area (Å²) >= 11 is 0. The number of hydrogen-bond donors (Lipinski definition) is 1. The number of anilines is 1. The number of nitrogens with two attached hydrogens (primary N) is 1. The van der Waals surface area contributed by atoms with Crippen LogP contribution in [0.3, 0.4) is 0 Å². The summed E-state index contributed by atoms with van der Waals surface area (Å²) in [7, 11) is 0. The van der Waals surface area contributed by atoms with Crippen LogP contribution in [0.1, 0.15) is 38.7 Å². The van der Waals surface area contributed by atoms with Crippen LogP contribution in [0.5, 0.6) is 0 Å². The number of carbonyl (C=O) groups excluding carboxylic acids is 1. The SMILES string of the molecule is CC1(C)CCC(=O)N(Cc2cccnc2N)CC1. The third-order valence-electron chi connectivity index (χ3n) is 3.71. The zero-order valence-corrected chi connectivity index (χ0v) is 11.1. The van der Waals surface area contributed by atoms with Gasteiger partial charge in [0.05, 0.1) is 0 Å². The molecule has 1 aliphatic rings. The second-order valence-corrected chi connectivity index (χ2v) is 5.78. The molecule has 0 radical (unpaired) electrons. The van der Waals surface area contributed by atoms with Crippen LogP contribution in [0.15, 0.2) is 18.3 Å². The number of aromatic nitrogens is 1. The molecule has 98 valence electrons. The summed E-state index contributed by atoms with van der Waals surface area (Å²) in [5.41, 5.74) is 7.02. The minimum Gasteiger partial charge on any atom is -0.383 e. The maximum atomic E-state index is 12.1. The highest BCUT2D eigenvalue weighted by atomic mass is 16.2. The fourth-order valence-electron chi connectivity index (χ4n) is 2.25. The maximum absolute atomic E-state index is 12.1. The summed E-state index contributed by atoms with van der Waals surface area (Å²) in [6.45, 7) is 5.83. The fourth-order valence-corrected chi connectivity index (χ4v) is 2.25. The van der Waals surface area contributed by atoms with Gasteiger partial charge in [0.15, 0.2) is 0 Å². The number of rotatable bonds is 2. The van der Waals surface area contributed by atoms with E-state index in [1.807, 2.05) is 17.0 Å². The first-order chi connectivity index (χ1) is 8.48. The summed E-state index contributed by atoms with van der Waals surface area (Å²) in [4.78, 5) is 18.0. The number of hydrogen-bond acceptors (Lipinski definition) is 3. The van der Waals surface area contributed by atoms with E-state index in [2.05, 4.69) is 18.8 Å². The Balaban J connectivity index is 2.09. The van der Waals surface area contributed by atoms with Gasteiger partial charge in [-0.05, 0) is 24.3 Å². The lowest BCUT2D eigenvalue weighted by Gasteiger charge is -2.23. The molecule has 0 bridgehead atoms. The van der Waals surface area contributed by atoms with Crippen LogP contribution in [0.25, 0.3) is 0 Å². The molecule has 1 saturated heterocycles. The van der Waals surface area contributed by atoms with E-state index in [1.54, 1.807) is 6.20 Å². The summed E-state index contributed by atoms with van der Waals surface area (Å²) in [5.74, 6) is 0.748. The van der Waals surface area contributed by atoms with E-state index in [0.717, 1.165) is 24.9 Å². The predicted molar refractivity (Wildman–Crippen MR) is 71.7 cm³/mol. The Morgan fingerprint density at radius 3 is 2.94 bits per heavy atom. The Morgan fingerprint density at radius 1 is 1.44 bits per heavy atom. The van der Waals surface area contributed by atoms with Gasteiger partial charge in [-0.1, -0.05) is 19.9 Å². The molecule has 1 aliphatic heterocycles. The average Bonchev–Trinajstić information content (AvgIpc) is 2.45. The predicted octanol–water partition coefficient (Wildman–Crippen LogP) is 2.20. The normalized spacial score (nSPS) is 19.7. The van der Waals surface area contributed by atoms with Gasteiger partial charge in [0.25, 0.3) is 0 Å². The highest BCUT2D eigenvalue weighted by molar-refractivity contribution is 5.76. The molecule has 1 amide bonds. The highest BCUT2D eigenvalue weighted by Gasteiger charge is 2.27. The van der Waals surface area contributed by atoms with Crippen molar-refractivity contribution in [1.29, 1.82) is 0 Å². The number of carbonyl (C=O) groups is 1. The van der Waals surface area contributed by atoms with Crippen LogP contribution in [0.4, 0.5) is 5.82 Å². The summed E-state index contributed by atoms with van der Waals surface area (Å²) in [5, 5.41) is 0. The topological polar surface area (TPSA) is 59.2 Å². The van der Waals surface area contributed by atoms with E-state index in [-0.39, 0.29) is 11.3 Å². The van der Waals surface area contributed by atoms with Crippen LogP contribution < -0.4 is 5.73 Å². The Labute approximate surface area is 108 Å². The Morgan fingerprint density at radius 2 is 2.22 bits per heavy atom. The second-order valence-electron chi connectivity index (χ2n) is 5.78. The van der Waals surface area contributed by atoms with Crippen molar-refractivity contribution in [2.24, 2.45) is 5.41 Å². The van der Waals surface area contributed by atoms with Gasteiger partial charge >= 0.3 is 0 Å². The van der Waals surface area contributed by atoms with Crippen molar-refractivity contribution < 1.29 is 4.79 Å². The van der Waals surface area contributed by atoms with E-state index in [4.69, 9.17) is 5.73 Å². The molecule has 2 N–H and O–H groups in total. The average molecular weight is 247 g/mol. The summed E-state index contributed by atoms with van der Waals surface area (Å²) in [6, 6.07) is 3.80. The van der Waals surface area contributed by atoms with Crippen LogP contribution in [0.2, 0.25) is 0 Å². The van der Waals surface area contributed by atoms with E-state index in [9.17, 15) is 4.79 Å². The molecule has 0 unspecified atom stereocenters. The second kappa shape index (κ2) is 4.96. The van der Waals surface area contributed by atoms with Crippen molar-refractivity contribution >= 4 is 11.7 Å². The summed E-state index contributed by atoms with van der Waals surface area (Å²) in [6.07, 6.45) is 4.31. The molecule has 4 heteroatoms. The third-order valence-corrected chi connectivity index (χ3v) is 3.71. The molecule has 1 aromatic heterocycles. The highest BCUT2D eigenvalue weighted by Crippen LogP contribution is 2.30. The first kappa shape index (κ1) is 12.9. The standard InChI is InChI=1S/C14H21N3O/c1-14(2)6-5-12(18)17(9-7-14)10-11-4-3-8-16-13(11)15/h3-4,8H,5-7,9-10H2,1-2H3,(H2,15,16). The quantitative estimate of drug-likeness (QED) is 0.871. The number of amides is 1. The minimum atomic E-state index is 0.226.